The van der Waals surface area contributed by atoms with E-state index in [1.807, 2.05) is 6.26 Å². The highest BCUT2D eigenvalue weighted by atomic mass is 32.2. The Bertz CT molecular complexity index is 279. The molecule has 1 aliphatic rings. The molecule has 6 heteroatoms. The smallest absolute Gasteiger partial charge is 0.326 e. The van der Waals surface area contributed by atoms with E-state index >= 15 is 0 Å². The maximum Gasteiger partial charge on any atom is 0.326 e. The van der Waals surface area contributed by atoms with Crippen molar-refractivity contribution in [2.24, 2.45) is 0 Å². The molecule has 0 spiro atoms. The highest BCUT2D eigenvalue weighted by Crippen LogP contribution is 2.16. The third-order valence-electron chi connectivity index (χ3n) is 2.96. The molecule has 2 atom stereocenters. The van der Waals surface area contributed by atoms with E-state index in [-0.39, 0.29) is 12.0 Å². The number of carboxylic acid groups (broad SMARTS) is 1. The summed E-state index contributed by atoms with van der Waals surface area (Å²) in [4.78, 5) is 22.6. The normalized spacial score (nSPS) is 20.6. The number of thioether (sulfide) groups is 1. The molecule has 1 heterocycles. The first-order valence-electron chi connectivity index (χ1n) is 6.26. The molecular weight excluding hydrogens is 254 g/mol. The van der Waals surface area contributed by atoms with Crippen LogP contribution in [0.15, 0.2) is 0 Å². The Hall–Kier alpha value is -0.750. The Morgan fingerprint density at radius 2 is 2.33 bits per heavy atom. The van der Waals surface area contributed by atoms with Gasteiger partial charge in [0.05, 0.1) is 6.10 Å². The first kappa shape index (κ1) is 15.3. The Morgan fingerprint density at radius 3 is 2.89 bits per heavy atom. The van der Waals surface area contributed by atoms with Crippen LogP contribution in [0.4, 0.5) is 0 Å². The van der Waals surface area contributed by atoms with Gasteiger partial charge in [-0.2, -0.15) is 11.8 Å². The second-order valence-corrected chi connectivity index (χ2v) is 5.40. The van der Waals surface area contributed by atoms with Crippen molar-refractivity contribution >= 4 is 23.6 Å². The molecule has 0 saturated carbocycles. The fraction of sp³-hybridized carbons (Fsp3) is 0.833. The summed E-state index contributed by atoms with van der Waals surface area (Å²) in [6.45, 7) is 0.776. The maximum absolute atomic E-state index is 11.6. The second-order valence-electron chi connectivity index (χ2n) is 4.41. The number of amides is 1. The van der Waals surface area contributed by atoms with Crippen LogP contribution in [0.1, 0.15) is 32.1 Å². The van der Waals surface area contributed by atoms with Crippen LogP contribution in [0.3, 0.4) is 0 Å². The summed E-state index contributed by atoms with van der Waals surface area (Å²) in [6.07, 6.45) is 5.62. The first-order valence-corrected chi connectivity index (χ1v) is 7.65. The predicted octanol–water partition coefficient (Wildman–Crippen LogP) is 1.27. The Labute approximate surface area is 112 Å². The number of ether oxygens (including phenoxy) is 1. The van der Waals surface area contributed by atoms with E-state index in [0.717, 1.165) is 25.2 Å². The number of hydrogen-bond donors (Lipinski definition) is 2. The van der Waals surface area contributed by atoms with E-state index in [9.17, 15) is 9.59 Å². The standard InChI is InChI=1S/C12H21NO4S/c1-18-8-6-10(12(15)16)13-11(14)5-4-9-3-2-7-17-9/h9-10H,2-8H2,1H3,(H,13,14)(H,15,16)/t9?,10-/m1/s1. The molecule has 1 saturated heterocycles. The minimum absolute atomic E-state index is 0.172. The molecule has 18 heavy (non-hydrogen) atoms. The average Bonchev–Trinajstić information content (AvgIpc) is 2.84. The van der Waals surface area contributed by atoms with Gasteiger partial charge in [-0.05, 0) is 37.7 Å². The number of carboxylic acids is 1. The second kappa shape index (κ2) is 8.37. The number of rotatable bonds is 8. The zero-order valence-corrected chi connectivity index (χ0v) is 11.5. The van der Waals surface area contributed by atoms with Crippen molar-refractivity contribution in [3.8, 4) is 0 Å². The van der Waals surface area contributed by atoms with Crippen LogP contribution in [0.5, 0.6) is 0 Å². The zero-order valence-electron chi connectivity index (χ0n) is 10.7. The molecule has 1 fully saturated rings. The first-order chi connectivity index (χ1) is 8.63. The summed E-state index contributed by atoms with van der Waals surface area (Å²) >= 11 is 1.57. The largest absolute Gasteiger partial charge is 0.480 e. The lowest BCUT2D eigenvalue weighted by Gasteiger charge is -2.15. The number of hydrogen-bond acceptors (Lipinski definition) is 4. The molecule has 1 amide bonds. The number of carbonyl (C=O) groups excluding carboxylic acids is 1. The highest BCUT2D eigenvalue weighted by molar-refractivity contribution is 7.98. The van der Waals surface area contributed by atoms with Crippen molar-refractivity contribution in [1.29, 1.82) is 0 Å². The van der Waals surface area contributed by atoms with Gasteiger partial charge in [-0.3, -0.25) is 4.79 Å². The van der Waals surface area contributed by atoms with Crippen molar-refractivity contribution in [2.75, 3.05) is 18.6 Å². The molecule has 0 aromatic rings. The zero-order chi connectivity index (χ0) is 13.4. The molecule has 0 radical (unpaired) electrons. The van der Waals surface area contributed by atoms with Gasteiger partial charge >= 0.3 is 5.97 Å². The summed E-state index contributed by atoms with van der Waals surface area (Å²) in [5.41, 5.74) is 0. The van der Waals surface area contributed by atoms with Crippen LogP contribution in [0.25, 0.3) is 0 Å². The van der Waals surface area contributed by atoms with Gasteiger partial charge in [0.1, 0.15) is 6.04 Å². The molecule has 1 aliphatic heterocycles. The third kappa shape index (κ3) is 5.73. The summed E-state index contributed by atoms with van der Waals surface area (Å²) in [7, 11) is 0. The molecular formula is C12H21NO4S. The van der Waals surface area contributed by atoms with Crippen LogP contribution in [-0.4, -0.2) is 47.7 Å². The minimum Gasteiger partial charge on any atom is -0.480 e. The van der Waals surface area contributed by atoms with Gasteiger partial charge in [0.2, 0.25) is 5.91 Å². The van der Waals surface area contributed by atoms with Crippen molar-refractivity contribution < 1.29 is 19.4 Å². The highest BCUT2D eigenvalue weighted by Gasteiger charge is 2.21. The summed E-state index contributed by atoms with van der Waals surface area (Å²) in [5.74, 6) is -0.434. The van der Waals surface area contributed by atoms with Crippen LogP contribution < -0.4 is 5.32 Å². The van der Waals surface area contributed by atoms with Crippen LogP contribution in [0.2, 0.25) is 0 Å². The van der Waals surface area contributed by atoms with Gasteiger partial charge in [0.15, 0.2) is 0 Å². The average molecular weight is 275 g/mol. The lowest BCUT2D eigenvalue weighted by atomic mass is 10.1. The molecule has 1 unspecified atom stereocenters. The van der Waals surface area contributed by atoms with Crippen molar-refractivity contribution in [3.63, 3.8) is 0 Å². The van der Waals surface area contributed by atoms with Crippen molar-refractivity contribution in [1.82, 2.24) is 5.32 Å². The number of aliphatic carboxylic acids is 1. The molecule has 0 bridgehead atoms. The van der Waals surface area contributed by atoms with Crippen molar-refractivity contribution in [3.05, 3.63) is 0 Å². The molecule has 0 aromatic carbocycles. The Balaban J connectivity index is 2.24. The van der Waals surface area contributed by atoms with Gasteiger partial charge in [0, 0.05) is 13.0 Å². The summed E-state index contributed by atoms with van der Waals surface area (Å²) < 4.78 is 5.42. The quantitative estimate of drug-likeness (QED) is 0.697. The molecule has 0 aliphatic carbocycles. The topological polar surface area (TPSA) is 75.6 Å². The van der Waals surface area contributed by atoms with E-state index in [2.05, 4.69) is 5.32 Å². The van der Waals surface area contributed by atoms with Gasteiger partial charge in [-0.15, -0.1) is 0 Å². The third-order valence-corrected chi connectivity index (χ3v) is 3.61. The van der Waals surface area contributed by atoms with E-state index < -0.39 is 12.0 Å². The van der Waals surface area contributed by atoms with E-state index in [4.69, 9.17) is 9.84 Å². The van der Waals surface area contributed by atoms with Gasteiger partial charge < -0.3 is 15.2 Å². The minimum atomic E-state index is -0.963. The predicted molar refractivity (Wildman–Crippen MR) is 70.8 cm³/mol. The van der Waals surface area contributed by atoms with Crippen LogP contribution in [-0.2, 0) is 14.3 Å². The number of carbonyl (C=O) groups is 2. The maximum atomic E-state index is 11.6. The SMILES string of the molecule is CSCC[C@@H](NC(=O)CCC1CCCO1)C(=O)O. The lowest BCUT2D eigenvalue weighted by Crippen LogP contribution is -2.41. The van der Waals surface area contributed by atoms with Gasteiger partial charge in [-0.1, -0.05) is 0 Å². The Kier molecular flexibility index (Phi) is 7.12. The summed E-state index contributed by atoms with van der Waals surface area (Å²) in [5, 5.41) is 11.5. The van der Waals surface area contributed by atoms with Crippen LogP contribution >= 0.6 is 11.8 Å². The number of nitrogens with one attached hydrogen (secondary N) is 1. The molecule has 0 aromatic heterocycles. The molecule has 1 rings (SSSR count). The fourth-order valence-electron chi connectivity index (χ4n) is 1.92. The van der Waals surface area contributed by atoms with Crippen LogP contribution in [0, 0.1) is 0 Å². The fourth-order valence-corrected chi connectivity index (χ4v) is 2.40. The van der Waals surface area contributed by atoms with E-state index in [0.29, 0.717) is 19.3 Å². The van der Waals surface area contributed by atoms with Gasteiger partial charge in [-0.25, -0.2) is 4.79 Å². The van der Waals surface area contributed by atoms with Gasteiger partial charge in [0.25, 0.3) is 0 Å². The lowest BCUT2D eigenvalue weighted by molar-refractivity contribution is -0.141. The molecule has 5 nitrogen and oxygen atoms in total. The molecule has 2 N–H and O–H groups in total. The van der Waals surface area contributed by atoms with Crippen molar-refractivity contribution in [2.45, 2.75) is 44.2 Å². The monoisotopic (exact) mass is 275 g/mol. The Morgan fingerprint density at radius 1 is 1.56 bits per heavy atom. The van der Waals surface area contributed by atoms with E-state index in [1.54, 1.807) is 11.8 Å². The molecule has 104 valence electrons. The van der Waals surface area contributed by atoms with E-state index in [1.165, 1.54) is 0 Å². The summed E-state index contributed by atoms with van der Waals surface area (Å²) in [6, 6.07) is -0.769.